The van der Waals surface area contributed by atoms with Gasteiger partial charge in [0.25, 0.3) is 0 Å². The van der Waals surface area contributed by atoms with E-state index >= 15 is 0 Å². The second-order valence-electron chi connectivity index (χ2n) is 3.50. The number of alkyl halides is 5. The summed E-state index contributed by atoms with van der Waals surface area (Å²) in [5, 5.41) is 0. The van der Waals surface area contributed by atoms with E-state index in [9.17, 15) is 22.0 Å². The van der Waals surface area contributed by atoms with E-state index in [0.717, 1.165) is 12.1 Å². The fourth-order valence-electron chi connectivity index (χ4n) is 1.32. The standard InChI is InChI=1S/C10H9BrF5N/c11-7-2-5(8(17)4-9(12)13)1-6(3-7)10(14,15)16/h1-3,8-9H,4,17H2/t8-/m0/s1. The summed E-state index contributed by atoms with van der Waals surface area (Å²) >= 11 is 2.90. The number of nitrogens with two attached hydrogens (primary N) is 1. The Hall–Kier alpha value is -0.690. The van der Waals surface area contributed by atoms with E-state index in [-0.39, 0.29) is 10.0 Å². The van der Waals surface area contributed by atoms with Crippen LogP contribution in [0, 0.1) is 0 Å². The SMILES string of the molecule is N[C@@H](CC(F)F)c1cc(Br)cc(C(F)(F)F)c1. The van der Waals surface area contributed by atoms with E-state index < -0.39 is 30.6 Å². The van der Waals surface area contributed by atoms with E-state index in [1.807, 2.05) is 0 Å². The first kappa shape index (κ1) is 14.4. The molecule has 0 spiro atoms. The Morgan fingerprint density at radius 2 is 1.76 bits per heavy atom. The summed E-state index contributed by atoms with van der Waals surface area (Å²) in [5.74, 6) is 0. The zero-order valence-electron chi connectivity index (χ0n) is 8.44. The number of hydrogen-bond donors (Lipinski definition) is 1. The van der Waals surface area contributed by atoms with Gasteiger partial charge in [-0.25, -0.2) is 8.78 Å². The van der Waals surface area contributed by atoms with Gasteiger partial charge in [0.1, 0.15) is 0 Å². The lowest BCUT2D eigenvalue weighted by molar-refractivity contribution is -0.137. The molecule has 1 aromatic carbocycles. The van der Waals surface area contributed by atoms with Crippen molar-refractivity contribution in [2.45, 2.75) is 25.1 Å². The average Bonchev–Trinajstić information content (AvgIpc) is 2.14. The van der Waals surface area contributed by atoms with Crippen LogP contribution in [0.25, 0.3) is 0 Å². The van der Waals surface area contributed by atoms with Gasteiger partial charge in [-0.2, -0.15) is 13.2 Å². The van der Waals surface area contributed by atoms with Crippen LogP contribution in [-0.4, -0.2) is 6.43 Å². The molecule has 0 unspecified atom stereocenters. The van der Waals surface area contributed by atoms with Crippen LogP contribution in [0.4, 0.5) is 22.0 Å². The molecule has 0 aromatic heterocycles. The van der Waals surface area contributed by atoms with Crippen molar-refractivity contribution in [3.8, 4) is 0 Å². The third-order valence-electron chi connectivity index (χ3n) is 2.11. The van der Waals surface area contributed by atoms with Gasteiger partial charge in [-0.3, -0.25) is 0 Å². The molecule has 1 aromatic rings. The smallest absolute Gasteiger partial charge is 0.324 e. The summed E-state index contributed by atoms with van der Waals surface area (Å²) in [5.41, 5.74) is 4.53. The highest BCUT2D eigenvalue weighted by molar-refractivity contribution is 9.10. The average molecular weight is 318 g/mol. The zero-order chi connectivity index (χ0) is 13.2. The molecule has 7 heteroatoms. The Morgan fingerprint density at radius 3 is 2.24 bits per heavy atom. The first-order valence-corrected chi connectivity index (χ1v) is 5.41. The minimum atomic E-state index is -4.52. The second-order valence-corrected chi connectivity index (χ2v) is 4.42. The molecule has 0 aliphatic rings. The van der Waals surface area contributed by atoms with Gasteiger partial charge in [0.05, 0.1) is 5.56 Å². The van der Waals surface area contributed by atoms with Crippen LogP contribution in [0.5, 0.6) is 0 Å². The van der Waals surface area contributed by atoms with Crippen LogP contribution < -0.4 is 5.73 Å². The maximum absolute atomic E-state index is 12.5. The van der Waals surface area contributed by atoms with Crippen molar-refractivity contribution in [2.24, 2.45) is 5.73 Å². The van der Waals surface area contributed by atoms with Crippen molar-refractivity contribution in [3.63, 3.8) is 0 Å². The van der Waals surface area contributed by atoms with Crippen molar-refractivity contribution in [3.05, 3.63) is 33.8 Å². The lowest BCUT2D eigenvalue weighted by Gasteiger charge is -2.15. The minimum absolute atomic E-state index is 0.0343. The summed E-state index contributed by atoms with van der Waals surface area (Å²) < 4.78 is 61.7. The number of halogens is 6. The molecule has 1 nitrogen and oxygen atoms in total. The third kappa shape index (κ3) is 4.23. The highest BCUT2D eigenvalue weighted by Gasteiger charge is 2.31. The van der Waals surface area contributed by atoms with Gasteiger partial charge in [-0.05, 0) is 23.8 Å². The molecular weight excluding hydrogens is 309 g/mol. The maximum Gasteiger partial charge on any atom is 0.416 e. The van der Waals surface area contributed by atoms with E-state index in [2.05, 4.69) is 15.9 Å². The Bertz CT molecular complexity index is 391. The first-order valence-electron chi connectivity index (χ1n) is 4.61. The Labute approximate surface area is 103 Å². The molecule has 0 bridgehead atoms. The van der Waals surface area contributed by atoms with Crippen molar-refractivity contribution in [1.29, 1.82) is 0 Å². The van der Waals surface area contributed by atoms with Crippen LogP contribution >= 0.6 is 15.9 Å². The monoisotopic (exact) mass is 317 g/mol. The van der Waals surface area contributed by atoms with Crippen molar-refractivity contribution in [1.82, 2.24) is 0 Å². The second kappa shape index (κ2) is 5.30. The lowest BCUT2D eigenvalue weighted by Crippen LogP contribution is -2.15. The molecule has 0 saturated heterocycles. The van der Waals surface area contributed by atoms with Crippen LogP contribution in [0.1, 0.15) is 23.6 Å². The molecule has 17 heavy (non-hydrogen) atoms. The molecular formula is C10H9BrF5N. The normalized spacial score (nSPS) is 14.1. The highest BCUT2D eigenvalue weighted by atomic mass is 79.9. The quantitative estimate of drug-likeness (QED) is 0.834. The zero-order valence-corrected chi connectivity index (χ0v) is 10.0. The molecule has 0 radical (unpaired) electrons. The first-order chi connectivity index (χ1) is 7.70. The molecule has 0 amide bonds. The Balaban J connectivity index is 3.05. The molecule has 0 aliphatic heterocycles. The number of rotatable bonds is 3. The van der Waals surface area contributed by atoms with Crippen LogP contribution in [-0.2, 0) is 6.18 Å². The largest absolute Gasteiger partial charge is 0.416 e. The predicted octanol–water partition coefficient (Wildman–Crippen LogP) is 4.12. The van der Waals surface area contributed by atoms with Gasteiger partial charge in [0, 0.05) is 16.9 Å². The van der Waals surface area contributed by atoms with Gasteiger partial charge in [0.2, 0.25) is 6.43 Å². The number of hydrogen-bond acceptors (Lipinski definition) is 1. The summed E-state index contributed by atoms with van der Waals surface area (Å²) in [6.07, 6.45) is -7.85. The van der Waals surface area contributed by atoms with Gasteiger partial charge in [-0.1, -0.05) is 15.9 Å². The maximum atomic E-state index is 12.5. The number of benzene rings is 1. The predicted molar refractivity (Wildman–Crippen MR) is 56.7 cm³/mol. The summed E-state index contributed by atoms with van der Waals surface area (Å²) in [4.78, 5) is 0. The van der Waals surface area contributed by atoms with Crippen molar-refractivity contribution < 1.29 is 22.0 Å². The molecule has 0 aliphatic carbocycles. The van der Waals surface area contributed by atoms with E-state index in [1.54, 1.807) is 0 Å². The summed E-state index contributed by atoms with van der Waals surface area (Å²) in [7, 11) is 0. The Kier molecular flexibility index (Phi) is 4.48. The highest BCUT2D eigenvalue weighted by Crippen LogP contribution is 2.33. The van der Waals surface area contributed by atoms with Crippen molar-refractivity contribution >= 4 is 15.9 Å². The van der Waals surface area contributed by atoms with E-state index in [4.69, 9.17) is 5.73 Å². The van der Waals surface area contributed by atoms with Crippen LogP contribution in [0.15, 0.2) is 22.7 Å². The Morgan fingerprint density at radius 1 is 1.18 bits per heavy atom. The molecule has 0 heterocycles. The fourth-order valence-corrected chi connectivity index (χ4v) is 1.83. The lowest BCUT2D eigenvalue weighted by atomic mass is 10.0. The van der Waals surface area contributed by atoms with Gasteiger partial charge in [-0.15, -0.1) is 0 Å². The topological polar surface area (TPSA) is 26.0 Å². The van der Waals surface area contributed by atoms with E-state index in [0.29, 0.717) is 0 Å². The van der Waals surface area contributed by atoms with Crippen LogP contribution in [0.3, 0.4) is 0 Å². The molecule has 2 N–H and O–H groups in total. The molecule has 0 fully saturated rings. The van der Waals surface area contributed by atoms with Crippen molar-refractivity contribution in [2.75, 3.05) is 0 Å². The van der Waals surface area contributed by atoms with Gasteiger partial charge in [0.15, 0.2) is 0 Å². The summed E-state index contributed by atoms with van der Waals surface area (Å²) in [6, 6.07) is 1.85. The van der Waals surface area contributed by atoms with E-state index in [1.165, 1.54) is 6.07 Å². The van der Waals surface area contributed by atoms with Gasteiger partial charge < -0.3 is 5.73 Å². The molecule has 1 atom stereocenters. The molecule has 0 saturated carbocycles. The minimum Gasteiger partial charge on any atom is -0.324 e. The fraction of sp³-hybridized carbons (Fsp3) is 0.400. The molecule has 96 valence electrons. The van der Waals surface area contributed by atoms with Gasteiger partial charge >= 0.3 is 6.18 Å². The summed E-state index contributed by atoms with van der Waals surface area (Å²) in [6.45, 7) is 0. The van der Waals surface area contributed by atoms with Crippen LogP contribution in [0.2, 0.25) is 0 Å². The molecule has 1 rings (SSSR count). The third-order valence-corrected chi connectivity index (χ3v) is 2.57.